The summed E-state index contributed by atoms with van der Waals surface area (Å²) in [6, 6.07) is 13.4. The van der Waals surface area contributed by atoms with E-state index in [1.54, 1.807) is 7.11 Å². The van der Waals surface area contributed by atoms with Crippen molar-refractivity contribution in [3.8, 4) is 5.75 Å². The van der Waals surface area contributed by atoms with Gasteiger partial charge in [-0.1, -0.05) is 18.2 Å². The maximum Gasteiger partial charge on any atom is 0.255 e. The number of carbonyl (C=O) groups excluding carboxylic acids is 1. The molecule has 1 aliphatic rings. The second-order valence-electron chi connectivity index (χ2n) is 4.83. The maximum absolute atomic E-state index is 12.1. The van der Waals surface area contributed by atoms with Gasteiger partial charge in [-0.3, -0.25) is 4.79 Å². The summed E-state index contributed by atoms with van der Waals surface area (Å²) in [7, 11) is 1.65. The van der Waals surface area contributed by atoms with Crippen LogP contribution in [0.4, 0.5) is 5.69 Å². The first-order valence-corrected chi connectivity index (χ1v) is 6.50. The van der Waals surface area contributed by atoms with Crippen molar-refractivity contribution in [1.29, 1.82) is 0 Å². The highest BCUT2D eigenvalue weighted by Gasteiger charge is 2.24. The highest BCUT2D eigenvalue weighted by molar-refractivity contribution is 6.01. The zero-order valence-electron chi connectivity index (χ0n) is 11.4. The Bertz CT molecular complexity index is 667. The summed E-state index contributed by atoms with van der Waals surface area (Å²) in [5, 5.41) is 6.30. The van der Waals surface area contributed by atoms with Crippen LogP contribution in [0.5, 0.6) is 5.75 Å². The summed E-state index contributed by atoms with van der Waals surface area (Å²) in [5.41, 5.74) is 3.58. The lowest BCUT2D eigenvalue weighted by molar-refractivity contribution is 0.0935. The first-order chi connectivity index (χ1) is 9.69. The lowest BCUT2D eigenvalue weighted by atomic mass is 10.0. The first-order valence-electron chi connectivity index (χ1n) is 6.50. The van der Waals surface area contributed by atoms with Gasteiger partial charge in [0.1, 0.15) is 11.9 Å². The van der Waals surface area contributed by atoms with Gasteiger partial charge in [0, 0.05) is 5.69 Å². The highest BCUT2D eigenvalue weighted by Crippen LogP contribution is 2.28. The van der Waals surface area contributed by atoms with Crippen molar-refractivity contribution in [3.63, 3.8) is 0 Å². The third-order valence-electron chi connectivity index (χ3n) is 3.50. The molecule has 20 heavy (non-hydrogen) atoms. The Kier molecular flexibility index (Phi) is 3.06. The van der Waals surface area contributed by atoms with Gasteiger partial charge < -0.3 is 15.4 Å². The fourth-order valence-electron chi connectivity index (χ4n) is 2.46. The zero-order chi connectivity index (χ0) is 14.1. The van der Waals surface area contributed by atoms with Crippen LogP contribution in [0.1, 0.15) is 27.7 Å². The van der Waals surface area contributed by atoms with Gasteiger partial charge in [-0.05, 0) is 42.3 Å². The first kappa shape index (κ1) is 12.5. The zero-order valence-corrected chi connectivity index (χ0v) is 11.4. The fourth-order valence-corrected chi connectivity index (χ4v) is 2.46. The van der Waals surface area contributed by atoms with Crippen molar-refractivity contribution in [3.05, 3.63) is 59.2 Å². The molecule has 0 radical (unpaired) electrons. The molecule has 0 unspecified atom stereocenters. The molecule has 102 valence electrons. The van der Waals surface area contributed by atoms with E-state index in [0.717, 1.165) is 22.6 Å². The topological polar surface area (TPSA) is 50.4 Å². The molecule has 0 fully saturated rings. The summed E-state index contributed by atoms with van der Waals surface area (Å²) in [6.45, 7) is 1.99. The van der Waals surface area contributed by atoms with Gasteiger partial charge >= 0.3 is 0 Å². The average Bonchev–Trinajstić information content (AvgIpc) is 2.47. The summed E-state index contributed by atoms with van der Waals surface area (Å²) in [5.74, 6) is 0.786. The van der Waals surface area contributed by atoms with Crippen molar-refractivity contribution in [2.45, 2.75) is 13.1 Å². The molecule has 0 spiro atoms. The fraction of sp³-hybridized carbons (Fsp3) is 0.188. The van der Waals surface area contributed by atoms with E-state index >= 15 is 0 Å². The quantitative estimate of drug-likeness (QED) is 0.880. The Morgan fingerprint density at radius 1 is 1.10 bits per heavy atom. The largest absolute Gasteiger partial charge is 0.496 e. The molecule has 2 aromatic rings. The molecule has 3 rings (SSSR count). The number of amides is 1. The lowest BCUT2D eigenvalue weighted by Crippen LogP contribution is -2.38. The Morgan fingerprint density at radius 3 is 2.65 bits per heavy atom. The molecular formula is C16H16N2O2. The number of hydrogen-bond donors (Lipinski definition) is 2. The van der Waals surface area contributed by atoms with Crippen LogP contribution in [0.15, 0.2) is 42.5 Å². The third kappa shape index (κ3) is 2.09. The van der Waals surface area contributed by atoms with Gasteiger partial charge in [0.2, 0.25) is 0 Å². The second-order valence-corrected chi connectivity index (χ2v) is 4.83. The van der Waals surface area contributed by atoms with E-state index in [-0.39, 0.29) is 12.1 Å². The van der Waals surface area contributed by atoms with Gasteiger partial charge in [0.05, 0.1) is 12.7 Å². The van der Waals surface area contributed by atoms with Crippen molar-refractivity contribution in [2.24, 2.45) is 0 Å². The van der Waals surface area contributed by atoms with Crippen LogP contribution in [0.3, 0.4) is 0 Å². The normalized spacial score (nSPS) is 16.9. The van der Waals surface area contributed by atoms with Gasteiger partial charge in [-0.15, -0.1) is 0 Å². The molecule has 2 N–H and O–H groups in total. The van der Waals surface area contributed by atoms with Gasteiger partial charge in [0.15, 0.2) is 0 Å². The minimum Gasteiger partial charge on any atom is -0.496 e. The van der Waals surface area contributed by atoms with Crippen LogP contribution < -0.4 is 15.4 Å². The summed E-state index contributed by atoms with van der Waals surface area (Å²) in [6.07, 6.45) is -0.220. The molecule has 1 aliphatic heterocycles. The van der Waals surface area contributed by atoms with E-state index in [1.807, 2.05) is 49.4 Å². The maximum atomic E-state index is 12.1. The number of benzene rings is 2. The SMILES string of the molecule is COc1ccc([C@H]2NC(=O)c3ccccc3N2)cc1C. The van der Waals surface area contributed by atoms with Gasteiger partial charge in [0.25, 0.3) is 5.91 Å². The molecule has 0 aromatic heterocycles. The number of anilines is 1. The molecule has 0 bridgehead atoms. The molecule has 0 saturated heterocycles. The summed E-state index contributed by atoms with van der Waals surface area (Å²) >= 11 is 0. The summed E-state index contributed by atoms with van der Waals surface area (Å²) in [4.78, 5) is 12.1. The Labute approximate surface area is 117 Å². The summed E-state index contributed by atoms with van der Waals surface area (Å²) < 4.78 is 5.26. The smallest absolute Gasteiger partial charge is 0.255 e. The van der Waals surface area contributed by atoms with Crippen LogP contribution in [-0.4, -0.2) is 13.0 Å². The Morgan fingerprint density at radius 2 is 1.90 bits per heavy atom. The van der Waals surface area contributed by atoms with Crippen molar-refractivity contribution in [1.82, 2.24) is 5.32 Å². The highest BCUT2D eigenvalue weighted by atomic mass is 16.5. The molecule has 0 aliphatic carbocycles. The number of aryl methyl sites for hydroxylation is 1. The van der Waals surface area contributed by atoms with Crippen LogP contribution in [0.2, 0.25) is 0 Å². The molecular weight excluding hydrogens is 252 g/mol. The van der Waals surface area contributed by atoms with E-state index < -0.39 is 0 Å². The molecule has 4 heteroatoms. The molecule has 4 nitrogen and oxygen atoms in total. The van der Waals surface area contributed by atoms with Crippen molar-refractivity contribution < 1.29 is 9.53 Å². The van der Waals surface area contributed by atoms with E-state index in [4.69, 9.17) is 4.74 Å². The lowest BCUT2D eigenvalue weighted by Gasteiger charge is -2.28. The predicted octanol–water partition coefficient (Wildman–Crippen LogP) is 2.86. The number of rotatable bonds is 2. The third-order valence-corrected chi connectivity index (χ3v) is 3.50. The number of ether oxygens (including phenoxy) is 1. The molecule has 0 saturated carbocycles. The Hall–Kier alpha value is -2.49. The monoisotopic (exact) mass is 268 g/mol. The standard InChI is InChI=1S/C16H16N2O2/c1-10-9-11(7-8-14(10)20-2)15-17-13-6-4-3-5-12(13)16(19)18-15/h3-9,15,17H,1-2H3,(H,18,19)/t15-/m1/s1. The van der Waals surface area contributed by atoms with E-state index in [9.17, 15) is 4.79 Å². The van der Waals surface area contributed by atoms with E-state index in [2.05, 4.69) is 10.6 Å². The van der Waals surface area contributed by atoms with Gasteiger partial charge in [-0.2, -0.15) is 0 Å². The molecule has 2 aromatic carbocycles. The van der Waals surface area contributed by atoms with Crippen LogP contribution in [0.25, 0.3) is 0 Å². The molecule has 1 amide bonds. The molecule has 1 heterocycles. The van der Waals surface area contributed by atoms with Crippen LogP contribution >= 0.6 is 0 Å². The van der Waals surface area contributed by atoms with Crippen molar-refractivity contribution in [2.75, 3.05) is 12.4 Å². The Balaban J connectivity index is 1.94. The minimum atomic E-state index is -0.220. The van der Waals surface area contributed by atoms with Crippen LogP contribution in [-0.2, 0) is 0 Å². The molecule has 1 atom stereocenters. The van der Waals surface area contributed by atoms with Crippen LogP contribution in [0, 0.1) is 6.92 Å². The number of para-hydroxylation sites is 1. The predicted molar refractivity (Wildman–Crippen MR) is 78.0 cm³/mol. The number of hydrogen-bond acceptors (Lipinski definition) is 3. The van der Waals surface area contributed by atoms with Crippen molar-refractivity contribution >= 4 is 11.6 Å². The van der Waals surface area contributed by atoms with E-state index in [1.165, 1.54) is 0 Å². The van der Waals surface area contributed by atoms with E-state index in [0.29, 0.717) is 5.56 Å². The van der Waals surface area contributed by atoms with Gasteiger partial charge in [-0.25, -0.2) is 0 Å². The number of carbonyl (C=O) groups is 1. The number of nitrogens with one attached hydrogen (secondary N) is 2. The second kappa shape index (κ2) is 4.89. The average molecular weight is 268 g/mol. The number of fused-ring (bicyclic) bond motifs is 1. The minimum absolute atomic E-state index is 0.0576. The number of methoxy groups -OCH3 is 1.